The predicted molar refractivity (Wildman–Crippen MR) is 264 cm³/mol. The maximum atomic E-state index is 13.6. The lowest BCUT2D eigenvalue weighted by Crippen LogP contribution is -2.34. The number of fused-ring (bicyclic) bond motifs is 4. The minimum Gasteiger partial charge on any atom is -0.508 e. The number of phenolic OH excluding ortho intramolecular Hbond substituents is 1. The van der Waals surface area contributed by atoms with E-state index in [1.165, 1.54) is 54.2 Å². The zero-order valence-corrected chi connectivity index (χ0v) is 39.0. The number of aromatic hydroxyl groups is 1. The van der Waals surface area contributed by atoms with Crippen LogP contribution in [0.5, 0.6) is 11.5 Å². The van der Waals surface area contributed by atoms with Gasteiger partial charge in [-0.3, -0.25) is 14.4 Å². The van der Waals surface area contributed by atoms with Gasteiger partial charge in [-0.05, 0) is 107 Å². The van der Waals surface area contributed by atoms with Gasteiger partial charge in [-0.2, -0.15) is 0 Å². The van der Waals surface area contributed by atoms with Crippen molar-refractivity contribution in [3.63, 3.8) is 0 Å². The van der Waals surface area contributed by atoms with Crippen LogP contribution < -0.4 is 25.7 Å². The molecule has 1 atom stereocenters. The van der Waals surface area contributed by atoms with Crippen LogP contribution in [-0.2, 0) is 13.1 Å². The van der Waals surface area contributed by atoms with Crippen molar-refractivity contribution in [1.82, 2.24) is 10.6 Å². The third-order valence-corrected chi connectivity index (χ3v) is 13.0. The molecule has 6 N–H and O–H groups in total. The number of amides is 2. The fraction of sp³-hybridized carbons (Fsp3) is 0.182. The summed E-state index contributed by atoms with van der Waals surface area (Å²) in [6.45, 7) is -0.259. The Bertz CT molecular complexity index is 3490. The van der Waals surface area contributed by atoms with Gasteiger partial charge in [0.2, 0.25) is 0 Å². The maximum absolute atomic E-state index is 13.6. The number of carbonyl (C=O) groups excluding carboxylic acids is 2. The zero-order chi connectivity index (χ0) is 50.4. The molecule has 9 rings (SSSR count). The van der Waals surface area contributed by atoms with Gasteiger partial charge in [0.1, 0.15) is 43.0 Å². The summed E-state index contributed by atoms with van der Waals surface area (Å²) in [5.74, 6) is -4.44. The molecule has 0 radical (unpaired) electrons. The van der Waals surface area contributed by atoms with Gasteiger partial charge in [0.15, 0.2) is 11.1 Å². The van der Waals surface area contributed by atoms with E-state index in [-0.39, 0.29) is 75.2 Å². The number of aromatic carboxylic acids is 3. The number of ether oxygens (including phenoxy) is 1. The normalized spacial score (nSPS) is 14.0. The summed E-state index contributed by atoms with van der Waals surface area (Å²) >= 11 is 0. The van der Waals surface area contributed by atoms with E-state index in [2.05, 4.69) is 15.2 Å². The summed E-state index contributed by atoms with van der Waals surface area (Å²) < 4.78 is 14.9. The van der Waals surface area contributed by atoms with Crippen LogP contribution in [0.3, 0.4) is 0 Å². The van der Waals surface area contributed by atoms with Crippen LogP contribution in [0, 0.1) is 0 Å². The Morgan fingerprint density at radius 2 is 1.31 bits per heavy atom. The fourth-order valence-corrected chi connectivity index (χ4v) is 9.34. The highest BCUT2D eigenvalue weighted by Gasteiger charge is 2.37. The molecule has 2 aliphatic heterocycles. The Hall–Kier alpha value is -9.05. The molecule has 0 aromatic heterocycles. The van der Waals surface area contributed by atoms with Gasteiger partial charge < -0.3 is 45.1 Å². The molecular formula is C55H47N4O12+. The quantitative estimate of drug-likeness (QED) is 0.0508. The van der Waals surface area contributed by atoms with Crippen molar-refractivity contribution in [2.24, 2.45) is 0 Å². The summed E-state index contributed by atoms with van der Waals surface area (Å²) in [5.41, 5.74) is 6.09. The van der Waals surface area contributed by atoms with Crippen molar-refractivity contribution in [3.8, 4) is 33.9 Å². The Labute approximate surface area is 405 Å². The number of benzene rings is 6. The van der Waals surface area contributed by atoms with E-state index >= 15 is 0 Å². The van der Waals surface area contributed by atoms with Gasteiger partial charge in [-0.25, -0.2) is 19.0 Å². The van der Waals surface area contributed by atoms with Crippen LogP contribution in [0.2, 0.25) is 0 Å². The van der Waals surface area contributed by atoms with Gasteiger partial charge in [-0.15, -0.1) is 0 Å². The Kier molecular flexibility index (Phi) is 12.5. The van der Waals surface area contributed by atoms with E-state index in [0.717, 1.165) is 34.9 Å². The minimum atomic E-state index is -1.39. The first kappa shape index (κ1) is 47.0. The highest BCUT2D eigenvalue weighted by molar-refractivity contribution is 6.09. The molecule has 1 fully saturated rings. The third-order valence-electron chi connectivity index (χ3n) is 13.0. The average Bonchev–Trinajstić information content (AvgIpc) is 3.35. The lowest BCUT2D eigenvalue weighted by molar-refractivity contribution is -0.467. The van der Waals surface area contributed by atoms with Crippen LogP contribution >= 0.6 is 0 Å². The van der Waals surface area contributed by atoms with Crippen molar-refractivity contribution in [1.29, 1.82) is 0 Å². The van der Waals surface area contributed by atoms with Gasteiger partial charge >= 0.3 is 17.9 Å². The number of carboxylic acid groups (broad SMARTS) is 3. The summed E-state index contributed by atoms with van der Waals surface area (Å²) in [6, 6.07) is 27.5. The van der Waals surface area contributed by atoms with Crippen molar-refractivity contribution in [2.75, 3.05) is 33.1 Å². The summed E-state index contributed by atoms with van der Waals surface area (Å²) in [5, 5.41) is 46.6. The van der Waals surface area contributed by atoms with E-state index < -0.39 is 35.2 Å². The Morgan fingerprint density at radius 1 is 0.676 bits per heavy atom. The molecule has 2 aliphatic carbocycles. The molecule has 4 aliphatic rings. The number of nitrogens with one attached hydrogen (secondary N) is 2. The molecule has 71 heavy (non-hydrogen) atoms. The van der Waals surface area contributed by atoms with Crippen molar-refractivity contribution in [2.45, 2.75) is 38.5 Å². The van der Waals surface area contributed by atoms with Crippen molar-refractivity contribution in [3.05, 3.63) is 175 Å². The van der Waals surface area contributed by atoms with Crippen LogP contribution in [0.25, 0.3) is 39.0 Å². The first-order valence-electron chi connectivity index (χ1n) is 22.6. The fourth-order valence-electron chi connectivity index (χ4n) is 9.34. The summed E-state index contributed by atoms with van der Waals surface area (Å²) in [7, 11) is 7.90. The second kappa shape index (κ2) is 18.8. The SMILES string of the molecule is CN(C)c1ccc2c(c1)OC1CC(=[N+](C)C)CCC1=C2c1ccc(C(=O)NCc2ccc(C(=O)NCc3c4oc5cc(O)ccc5c(-c5ccc(C(=O)O)cc5C(=O)O)c-4ccc3=O)cc2)cc1C(=O)O. The molecule has 0 bridgehead atoms. The molecule has 5 aromatic carbocycles. The first-order valence-corrected chi connectivity index (χ1v) is 22.6. The van der Waals surface area contributed by atoms with Gasteiger partial charge in [-0.1, -0.05) is 24.3 Å². The van der Waals surface area contributed by atoms with E-state index in [9.17, 15) is 49.2 Å². The highest BCUT2D eigenvalue weighted by atomic mass is 16.5. The molecule has 5 aromatic rings. The number of hydrogen-bond donors (Lipinski definition) is 6. The molecule has 358 valence electrons. The number of phenols is 1. The molecular weight excluding hydrogens is 909 g/mol. The number of hydrogen-bond acceptors (Lipinski definition) is 10. The van der Waals surface area contributed by atoms with Gasteiger partial charge in [0.05, 0.1) is 35.2 Å². The number of anilines is 1. The zero-order valence-electron chi connectivity index (χ0n) is 39.0. The standard InChI is InChI=1S/C55H46N4O12/c1-58(2)32-11-16-37-45(23-32)70-46-24-33(59(3)4)12-17-38(46)48(37)35-14-9-30(21-41(35)54(66)67)52(63)56-26-28-5-7-29(8-6-28)51(62)57-27-43-44(61)20-19-40-49(39-18-13-34(60)25-47(39)71-50(40)43)36-15-10-31(53(64)65)22-42(36)55(68)69/h5-11,13-16,18-23,25,46H,12,17,24,26-27H2,1-4H3,(H5-,56,57,60,61,62,63,64,65,66,67,68,69)/p+1. The lowest BCUT2D eigenvalue weighted by atomic mass is 9.79. The topological polar surface area (TPSA) is 236 Å². The largest absolute Gasteiger partial charge is 0.508 e. The molecule has 2 heterocycles. The molecule has 1 saturated carbocycles. The summed E-state index contributed by atoms with van der Waals surface area (Å²) in [4.78, 5) is 79.6. The van der Waals surface area contributed by atoms with E-state index in [1.807, 2.05) is 51.3 Å². The molecule has 16 nitrogen and oxygen atoms in total. The lowest BCUT2D eigenvalue weighted by Gasteiger charge is -2.35. The molecule has 2 amide bonds. The smallest absolute Gasteiger partial charge is 0.336 e. The predicted octanol–water partition coefficient (Wildman–Crippen LogP) is 7.75. The number of nitrogens with zero attached hydrogens (tertiary/aromatic N) is 2. The van der Waals surface area contributed by atoms with Crippen LogP contribution in [0.15, 0.2) is 124 Å². The number of rotatable bonds is 12. The van der Waals surface area contributed by atoms with Crippen molar-refractivity contribution < 1.29 is 58.1 Å². The van der Waals surface area contributed by atoms with Gasteiger partial charge in [0.25, 0.3) is 11.8 Å². The minimum absolute atomic E-state index is 0.0152. The van der Waals surface area contributed by atoms with Crippen LogP contribution in [0.4, 0.5) is 5.69 Å². The van der Waals surface area contributed by atoms with Gasteiger partial charge in [0, 0.05) is 78.1 Å². The Balaban J connectivity index is 0.924. The second-order valence-corrected chi connectivity index (χ2v) is 17.8. The number of carbonyl (C=O) groups is 5. The Morgan fingerprint density at radius 3 is 2.01 bits per heavy atom. The first-order chi connectivity index (χ1) is 34.0. The third kappa shape index (κ3) is 9.05. The molecule has 16 heteroatoms. The van der Waals surface area contributed by atoms with E-state index in [1.54, 1.807) is 36.4 Å². The second-order valence-electron chi connectivity index (χ2n) is 17.8. The average molecular weight is 956 g/mol. The summed E-state index contributed by atoms with van der Waals surface area (Å²) in [6.07, 6.45) is 1.87. The molecule has 1 unspecified atom stereocenters. The molecule has 0 saturated heterocycles. The van der Waals surface area contributed by atoms with Crippen molar-refractivity contribution >= 4 is 57.7 Å². The van der Waals surface area contributed by atoms with Crippen LogP contribution in [0.1, 0.15) is 93.3 Å². The van der Waals surface area contributed by atoms with E-state index in [0.29, 0.717) is 46.2 Å². The monoisotopic (exact) mass is 955 g/mol. The maximum Gasteiger partial charge on any atom is 0.336 e. The van der Waals surface area contributed by atoms with Crippen LogP contribution in [-0.4, -0.2) is 94.7 Å². The highest BCUT2D eigenvalue weighted by Crippen LogP contribution is 2.47. The van der Waals surface area contributed by atoms with E-state index in [4.69, 9.17) is 9.15 Å². The number of carboxylic acids is 3. The molecule has 0 spiro atoms.